The molecular weight excluding hydrogens is 381 g/mol. The molecule has 1 fully saturated rings. The fourth-order valence-electron chi connectivity index (χ4n) is 3.30. The van der Waals surface area contributed by atoms with Crippen molar-refractivity contribution < 1.29 is 26.7 Å². The average Bonchev–Trinajstić information content (AvgIpc) is 2.57. The number of sulfonamides is 1. The first kappa shape index (κ1) is 19.8. The topological polar surface area (TPSA) is 70.5 Å². The number of pyridine rings is 1. The maximum atomic E-state index is 13.1. The number of alkyl halides is 3. The summed E-state index contributed by atoms with van der Waals surface area (Å²) in [4.78, 5) is 4.01. The molecule has 1 heterocycles. The summed E-state index contributed by atoms with van der Waals surface area (Å²) in [5, 5.41) is 9.62. The fraction of sp³-hybridized carbons (Fsp3) is 0.389. The molecule has 0 amide bonds. The number of hydrogen-bond acceptors (Lipinski definition) is 4. The Bertz CT molecular complexity index is 940. The molecule has 1 aliphatic rings. The van der Waals surface area contributed by atoms with Gasteiger partial charge in [0.05, 0.1) is 4.90 Å². The number of hydrogen-bond donors (Lipinski definition) is 1. The van der Waals surface area contributed by atoms with Crippen LogP contribution >= 0.6 is 0 Å². The van der Waals surface area contributed by atoms with Gasteiger partial charge in [0.2, 0.25) is 10.0 Å². The predicted octanol–water partition coefficient (Wildman–Crippen LogP) is 3.13. The summed E-state index contributed by atoms with van der Waals surface area (Å²) in [7, 11) is -2.83. The molecule has 1 N–H and O–H groups in total. The van der Waals surface area contributed by atoms with Crippen LogP contribution in [0.25, 0.3) is 11.1 Å². The van der Waals surface area contributed by atoms with Crippen LogP contribution in [0.4, 0.5) is 13.2 Å². The molecule has 1 aromatic heterocycles. The van der Waals surface area contributed by atoms with Gasteiger partial charge < -0.3 is 5.11 Å². The van der Waals surface area contributed by atoms with Crippen LogP contribution in [0, 0.1) is 6.92 Å². The largest absolute Gasteiger partial charge is 0.417 e. The van der Waals surface area contributed by atoms with Crippen molar-refractivity contribution in [3.8, 4) is 11.1 Å². The number of benzene rings is 1. The first-order chi connectivity index (χ1) is 12.5. The number of rotatable bonds is 4. The number of nitrogens with zero attached hydrogens (tertiary/aromatic N) is 2. The third-order valence-electron chi connectivity index (χ3n) is 5.03. The van der Waals surface area contributed by atoms with Gasteiger partial charge in [0.25, 0.3) is 0 Å². The molecule has 27 heavy (non-hydrogen) atoms. The van der Waals surface area contributed by atoms with Gasteiger partial charge in [-0.2, -0.15) is 17.5 Å². The van der Waals surface area contributed by atoms with Crippen molar-refractivity contribution in [2.75, 3.05) is 7.05 Å². The summed E-state index contributed by atoms with van der Waals surface area (Å²) < 4.78 is 65.7. The summed E-state index contributed by atoms with van der Waals surface area (Å²) >= 11 is 0. The first-order valence-corrected chi connectivity index (χ1v) is 9.68. The first-order valence-electron chi connectivity index (χ1n) is 8.24. The number of aliphatic hydroxyl groups is 1. The van der Waals surface area contributed by atoms with Gasteiger partial charge in [0.15, 0.2) is 5.60 Å². The van der Waals surface area contributed by atoms with Gasteiger partial charge in [-0.25, -0.2) is 8.42 Å². The van der Waals surface area contributed by atoms with Gasteiger partial charge in [-0.3, -0.25) is 4.98 Å². The second-order valence-corrected chi connectivity index (χ2v) is 8.77. The Morgan fingerprint density at radius 2 is 1.89 bits per heavy atom. The van der Waals surface area contributed by atoms with Crippen molar-refractivity contribution in [2.45, 2.75) is 42.5 Å². The predicted molar refractivity (Wildman–Crippen MR) is 93.4 cm³/mol. The monoisotopic (exact) mass is 400 g/mol. The van der Waals surface area contributed by atoms with Crippen molar-refractivity contribution >= 4 is 10.0 Å². The quantitative estimate of drug-likeness (QED) is 0.856. The molecular formula is C18H19F3N2O3S. The molecule has 1 saturated carbocycles. The summed E-state index contributed by atoms with van der Waals surface area (Å²) in [5.74, 6) is 0. The minimum atomic E-state index is -4.78. The van der Waals surface area contributed by atoms with Crippen LogP contribution in [0.15, 0.2) is 47.6 Å². The van der Waals surface area contributed by atoms with E-state index in [1.165, 1.54) is 19.3 Å². The summed E-state index contributed by atoms with van der Waals surface area (Å²) in [6.45, 7) is 1.76. The van der Waals surface area contributed by atoms with E-state index in [0.29, 0.717) is 16.7 Å². The van der Waals surface area contributed by atoms with E-state index < -0.39 is 40.7 Å². The van der Waals surface area contributed by atoms with Crippen LogP contribution in [0.3, 0.4) is 0 Å². The van der Waals surface area contributed by atoms with E-state index in [4.69, 9.17) is 0 Å². The van der Waals surface area contributed by atoms with Crippen LogP contribution in [0.1, 0.15) is 18.4 Å². The molecule has 146 valence electrons. The molecule has 0 unspecified atom stereocenters. The molecule has 1 aromatic carbocycles. The lowest BCUT2D eigenvalue weighted by Crippen LogP contribution is -2.62. The van der Waals surface area contributed by atoms with E-state index >= 15 is 0 Å². The summed E-state index contributed by atoms with van der Waals surface area (Å²) in [5.41, 5.74) is -1.07. The summed E-state index contributed by atoms with van der Waals surface area (Å²) in [6, 6.07) is 7.24. The minimum absolute atomic E-state index is 0.000415. The van der Waals surface area contributed by atoms with E-state index in [2.05, 4.69) is 4.98 Å². The Morgan fingerprint density at radius 3 is 2.44 bits per heavy atom. The minimum Gasteiger partial charge on any atom is -0.380 e. The Hall–Kier alpha value is -1.97. The van der Waals surface area contributed by atoms with Gasteiger partial charge >= 0.3 is 6.18 Å². The maximum absolute atomic E-state index is 13.1. The fourth-order valence-corrected chi connectivity index (χ4v) is 4.94. The van der Waals surface area contributed by atoms with Crippen LogP contribution in [-0.2, 0) is 10.0 Å². The highest BCUT2D eigenvalue weighted by Crippen LogP contribution is 2.48. The average molecular weight is 400 g/mol. The van der Waals surface area contributed by atoms with E-state index in [9.17, 15) is 26.7 Å². The third kappa shape index (κ3) is 3.35. The number of aryl methyl sites for hydroxylation is 1. The van der Waals surface area contributed by atoms with Crippen molar-refractivity contribution in [1.29, 1.82) is 0 Å². The Balaban J connectivity index is 1.97. The van der Waals surface area contributed by atoms with Crippen LogP contribution in [0.2, 0.25) is 0 Å². The summed E-state index contributed by atoms with van der Waals surface area (Å²) in [6.07, 6.45) is -3.04. The molecule has 0 saturated heterocycles. The standard InChI is InChI=1S/C18H19F3N2O3S/c1-12-5-3-7-15(16(12)13-6-4-8-22-11-13)27(25,26)23(2)14-9-17(24,10-14)18(19,20)21/h3-8,11,14,24H,9-10H2,1-2H3. The molecule has 5 nitrogen and oxygen atoms in total. The molecule has 0 bridgehead atoms. The molecule has 0 atom stereocenters. The van der Waals surface area contributed by atoms with Gasteiger partial charge in [-0.05, 0) is 24.6 Å². The zero-order chi connectivity index (χ0) is 20.0. The highest BCUT2D eigenvalue weighted by molar-refractivity contribution is 7.89. The van der Waals surface area contributed by atoms with Gasteiger partial charge in [-0.15, -0.1) is 0 Å². The zero-order valence-corrected chi connectivity index (χ0v) is 15.5. The van der Waals surface area contributed by atoms with Gasteiger partial charge in [0, 0.05) is 49.5 Å². The van der Waals surface area contributed by atoms with Crippen molar-refractivity contribution in [3.63, 3.8) is 0 Å². The molecule has 1 aliphatic carbocycles. The van der Waals surface area contributed by atoms with Crippen LogP contribution < -0.4 is 0 Å². The second kappa shape index (κ2) is 6.57. The molecule has 0 spiro atoms. The highest BCUT2D eigenvalue weighted by atomic mass is 32.2. The normalized spacial score (nSPS) is 23.3. The molecule has 2 aromatic rings. The Morgan fingerprint density at radius 1 is 1.22 bits per heavy atom. The molecule has 3 rings (SSSR count). The van der Waals surface area contributed by atoms with Crippen molar-refractivity contribution in [3.05, 3.63) is 48.3 Å². The SMILES string of the molecule is Cc1cccc(S(=O)(=O)N(C)C2CC(O)(C(F)(F)F)C2)c1-c1cccnc1. The Kier molecular flexibility index (Phi) is 4.82. The molecule has 0 aliphatic heterocycles. The van der Waals surface area contributed by atoms with E-state index in [-0.39, 0.29) is 4.90 Å². The third-order valence-corrected chi connectivity index (χ3v) is 6.98. The van der Waals surface area contributed by atoms with Gasteiger partial charge in [0.1, 0.15) is 0 Å². The lowest BCUT2D eigenvalue weighted by molar-refractivity contribution is -0.295. The number of aromatic nitrogens is 1. The molecule has 9 heteroatoms. The highest BCUT2D eigenvalue weighted by Gasteiger charge is 2.63. The number of halogens is 3. The smallest absolute Gasteiger partial charge is 0.380 e. The van der Waals surface area contributed by atoms with Crippen molar-refractivity contribution in [2.24, 2.45) is 0 Å². The molecule has 0 radical (unpaired) electrons. The Labute approximate surface area is 155 Å². The van der Waals surface area contributed by atoms with Crippen LogP contribution in [0.5, 0.6) is 0 Å². The van der Waals surface area contributed by atoms with Crippen LogP contribution in [-0.4, -0.2) is 47.7 Å². The lowest BCUT2D eigenvalue weighted by Gasteiger charge is -2.47. The lowest BCUT2D eigenvalue weighted by atomic mass is 9.75. The maximum Gasteiger partial charge on any atom is 0.417 e. The van der Waals surface area contributed by atoms with Gasteiger partial charge in [-0.1, -0.05) is 18.2 Å². The second-order valence-electron chi connectivity index (χ2n) is 6.80. The van der Waals surface area contributed by atoms with E-state index in [0.717, 1.165) is 4.31 Å². The zero-order valence-electron chi connectivity index (χ0n) is 14.7. The van der Waals surface area contributed by atoms with Crippen molar-refractivity contribution in [1.82, 2.24) is 9.29 Å². The van der Waals surface area contributed by atoms with E-state index in [1.54, 1.807) is 37.4 Å². The van der Waals surface area contributed by atoms with E-state index in [1.807, 2.05) is 0 Å².